The molecule has 0 aliphatic carbocycles. The molecule has 0 amide bonds. The van der Waals surface area contributed by atoms with Gasteiger partial charge in [-0.2, -0.15) is 4.98 Å². The number of nitrogens with zero attached hydrogens (tertiary/aromatic N) is 5. The lowest BCUT2D eigenvalue weighted by Gasteiger charge is -2.20. The van der Waals surface area contributed by atoms with E-state index in [1.165, 1.54) is 0 Å². The molecule has 0 unspecified atom stereocenters. The second-order valence-electron chi connectivity index (χ2n) is 9.35. The van der Waals surface area contributed by atoms with Crippen molar-refractivity contribution in [1.82, 2.24) is 18.7 Å². The second-order valence-corrected chi connectivity index (χ2v) is 10.5. The molecule has 0 bridgehead atoms. The van der Waals surface area contributed by atoms with Gasteiger partial charge in [0, 0.05) is 22.9 Å². The van der Waals surface area contributed by atoms with Crippen LogP contribution in [0.5, 0.6) is 0 Å². The Morgan fingerprint density at radius 1 is 0.674 bits per heavy atom. The lowest BCUT2D eigenvalue weighted by molar-refractivity contribution is 0.808. The number of anilines is 1. The predicted molar refractivity (Wildman–Crippen MR) is 186 cm³/mol. The average molecular weight is 666 g/mol. The molecule has 2 N–H and O–H groups in total. The molecular weight excluding hydrogens is 639 g/mol. The Hall–Kier alpha value is -3.79. The smallest absolute Gasteiger partial charge is 0.233 e. The van der Waals surface area contributed by atoms with Gasteiger partial charge >= 0.3 is 0 Å². The van der Waals surface area contributed by atoms with Crippen molar-refractivity contribution in [1.29, 1.82) is 0 Å². The number of hydrogen-bond acceptors (Lipinski definition) is 5. The van der Waals surface area contributed by atoms with E-state index in [1.807, 2.05) is 129 Å². The van der Waals surface area contributed by atoms with Crippen molar-refractivity contribution in [2.24, 2.45) is 4.99 Å². The fourth-order valence-electron chi connectivity index (χ4n) is 4.78. The molecule has 6 aromatic rings. The number of rotatable bonds is 6. The Balaban J connectivity index is 0.00000212. The number of hydrogen-bond donors (Lipinski definition) is 1. The maximum Gasteiger partial charge on any atom is 0.233 e. The third-order valence-electron chi connectivity index (χ3n) is 6.75. The average Bonchev–Trinajstić information content (AvgIpc) is 2.99. The summed E-state index contributed by atoms with van der Waals surface area (Å²) >= 11 is 18.2. The van der Waals surface area contributed by atoms with E-state index in [4.69, 9.17) is 51.7 Å². The summed E-state index contributed by atoms with van der Waals surface area (Å²) in [7, 11) is 0. The van der Waals surface area contributed by atoms with Crippen molar-refractivity contribution in [2.45, 2.75) is 6.42 Å². The van der Waals surface area contributed by atoms with Crippen molar-refractivity contribution in [3.8, 4) is 17.1 Å². The van der Waals surface area contributed by atoms with Gasteiger partial charge in [-0.15, -0.1) is 24.8 Å². The van der Waals surface area contributed by atoms with Gasteiger partial charge < -0.3 is 5.73 Å². The van der Waals surface area contributed by atoms with Crippen LogP contribution in [0.4, 0.5) is 5.82 Å². The molecule has 4 aromatic carbocycles. The number of nitrogen functional groups attached to an aromatic ring is 1. The zero-order valence-electron chi connectivity index (χ0n) is 22.7. The van der Waals surface area contributed by atoms with Gasteiger partial charge in [-0.05, 0) is 72.7 Å². The molecular formula is C32H27Cl3N6S2. The highest BCUT2D eigenvalue weighted by molar-refractivity contribution is 7.72. The normalized spacial score (nSPS) is 11.1. The van der Waals surface area contributed by atoms with E-state index in [0.29, 0.717) is 49.9 Å². The highest BCUT2D eigenvalue weighted by Gasteiger charge is 2.19. The number of nitrogens with two attached hydrogens (primary N) is 1. The third-order valence-corrected chi connectivity index (χ3v) is 7.75. The van der Waals surface area contributed by atoms with E-state index < -0.39 is 0 Å². The van der Waals surface area contributed by atoms with Crippen LogP contribution in [-0.4, -0.2) is 25.2 Å². The highest BCUT2D eigenvalue weighted by Crippen LogP contribution is 2.27. The molecule has 6 nitrogen and oxygen atoms in total. The fraction of sp³-hybridized carbons (Fsp3) is 0.0625. The summed E-state index contributed by atoms with van der Waals surface area (Å²) in [6, 6.07) is 37.3. The van der Waals surface area contributed by atoms with Gasteiger partial charge in [0.15, 0.2) is 10.4 Å². The maximum absolute atomic E-state index is 7.02. The Morgan fingerprint density at radius 3 is 1.70 bits per heavy atom. The third kappa shape index (κ3) is 6.44. The van der Waals surface area contributed by atoms with Crippen LogP contribution < -0.4 is 11.4 Å². The van der Waals surface area contributed by atoms with Crippen molar-refractivity contribution < 1.29 is 0 Å². The first-order chi connectivity index (χ1) is 20.0. The van der Waals surface area contributed by atoms with Gasteiger partial charge in [0.2, 0.25) is 5.62 Å². The molecule has 0 fully saturated rings. The first kappa shape index (κ1) is 32.1. The summed E-state index contributed by atoms with van der Waals surface area (Å²) in [5.41, 5.74) is 11.7. The molecule has 11 heteroatoms. The van der Waals surface area contributed by atoms with Gasteiger partial charge in [-0.25, -0.2) is 0 Å². The van der Waals surface area contributed by atoms with Crippen LogP contribution in [-0.2, 0) is 6.42 Å². The van der Waals surface area contributed by atoms with Crippen LogP contribution in [0.2, 0.25) is 5.02 Å². The van der Waals surface area contributed by atoms with E-state index in [2.05, 4.69) is 0 Å². The standard InChI is InChI=1S/C32H25ClN6S2.2ClH/c33-23-18-16-22(17-19-23)20-21-35-31-36-29-27(28(34)37(31)24-10-4-1-5-11-24)30(40)39(26-14-8-3-9-15-26)32(41)38(29)25-12-6-2-7-13-25;;/h1-19H,20-21,34H2;2*1H. The molecule has 0 saturated carbocycles. The van der Waals surface area contributed by atoms with E-state index in [0.717, 1.165) is 22.6 Å². The second kappa shape index (κ2) is 14.1. The number of fused-ring (bicyclic) bond motifs is 1. The van der Waals surface area contributed by atoms with Crippen LogP contribution in [0.15, 0.2) is 120 Å². The Labute approximate surface area is 276 Å². The Morgan fingerprint density at radius 2 is 1.16 bits per heavy atom. The lowest BCUT2D eigenvalue weighted by Crippen LogP contribution is -2.28. The van der Waals surface area contributed by atoms with Crippen molar-refractivity contribution >= 4 is 77.7 Å². The van der Waals surface area contributed by atoms with Gasteiger partial charge in [-0.3, -0.25) is 18.7 Å². The maximum atomic E-state index is 7.02. The molecule has 2 aromatic heterocycles. The first-order valence-corrected chi connectivity index (χ1v) is 14.2. The Kier molecular flexibility index (Phi) is 10.6. The Bertz CT molecular complexity index is 2040. The number of aromatic nitrogens is 4. The molecule has 0 radical (unpaired) electrons. The molecule has 0 saturated heterocycles. The topological polar surface area (TPSA) is 66.1 Å². The van der Waals surface area contributed by atoms with Crippen molar-refractivity contribution in [3.05, 3.63) is 141 Å². The van der Waals surface area contributed by atoms with E-state index in [9.17, 15) is 0 Å². The van der Waals surface area contributed by atoms with Crippen LogP contribution in [0, 0.1) is 9.41 Å². The minimum absolute atomic E-state index is 0. The SMILES string of the molecule is Cl.Cl.Nc1c2c(=S)n(-c3ccccc3)c(=S)n(-c3ccccc3)c2nc(=NCCc2ccc(Cl)cc2)n1-c1ccccc1. The van der Waals surface area contributed by atoms with E-state index >= 15 is 0 Å². The van der Waals surface area contributed by atoms with Gasteiger partial charge in [0.1, 0.15) is 10.5 Å². The molecule has 0 atom stereocenters. The summed E-state index contributed by atoms with van der Waals surface area (Å²) in [6.45, 7) is 0.496. The quantitative estimate of drug-likeness (QED) is 0.182. The predicted octanol–water partition coefficient (Wildman–Crippen LogP) is 8.29. The molecule has 43 heavy (non-hydrogen) atoms. The number of benzene rings is 4. The molecule has 0 aliphatic heterocycles. The van der Waals surface area contributed by atoms with Crippen molar-refractivity contribution in [3.63, 3.8) is 0 Å². The van der Waals surface area contributed by atoms with Crippen LogP contribution >= 0.6 is 60.9 Å². The monoisotopic (exact) mass is 664 g/mol. The van der Waals surface area contributed by atoms with Crippen LogP contribution in [0.1, 0.15) is 5.56 Å². The molecule has 6 rings (SSSR count). The van der Waals surface area contributed by atoms with Crippen LogP contribution in [0.3, 0.4) is 0 Å². The molecule has 2 heterocycles. The van der Waals surface area contributed by atoms with E-state index in [1.54, 1.807) is 0 Å². The largest absolute Gasteiger partial charge is 0.384 e. The van der Waals surface area contributed by atoms with Gasteiger partial charge in [0.25, 0.3) is 0 Å². The summed E-state index contributed by atoms with van der Waals surface area (Å²) in [4.78, 5) is 10.0. The van der Waals surface area contributed by atoms with Gasteiger partial charge in [0.05, 0.1) is 11.1 Å². The van der Waals surface area contributed by atoms with Crippen LogP contribution in [0.25, 0.3) is 28.1 Å². The minimum atomic E-state index is 0. The minimum Gasteiger partial charge on any atom is -0.384 e. The zero-order chi connectivity index (χ0) is 28.3. The number of halogens is 3. The fourth-order valence-corrected chi connectivity index (χ4v) is 5.74. The molecule has 0 spiro atoms. The highest BCUT2D eigenvalue weighted by atomic mass is 35.5. The van der Waals surface area contributed by atoms with Crippen molar-refractivity contribution in [2.75, 3.05) is 12.3 Å². The summed E-state index contributed by atoms with van der Waals surface area (Å²) in [5, 5.41) is 1.32. The van der Waals surface area contributed by atoms with Gasteiger partial charge in [-0.1, -0.05) is 90.5 Å². The summed E-state index contributed by atoms with van der Waals surface area (Å²) < 4.78 is 6.60. The van der Waals surface area contributed by atoms with E-state index in [-0.39, 0.29) is 24.8 Å². The molecule has 218 valence electrons. The first-order valence-electron chi connectivity index (χ1n) is 13.0. The summed E-state index contributed by atoms with van der Waals surface area (Å²) in [5.74, 6) is 0.431. The summed E-state index contributed by atoms with van der Waals surface area (Å²) in [6.07, 6.45) is 0.714. The zero-order valence-corrected chi connectivity index (χ0v) is 26.7. The lowest BCUT2D eigenvalue weighted by atomic mass is 10.1. The molecule has 0 aliphatic rings. The number of para-hydroxylation sites is 3.